The molecule has 0 saturated carbocycles. The molecule has 0 aromatic heterocycles. The van der Waals surface area contributed by atoms with Crippen LogP contribution in [-0.2, 0) is 49.5 Å². The summed E-state index contributed by atoms with van der Waals surface area (Å²) in [6, 6.07) is 2.43. The number of amides is 4. The lowest BCUT2D eigenvalue weighted by atomic mass is 9.84. The molecule has 1 aromatic carbocycles. The highest BCUT2D eigenvalue weighted by Crippen LogP contribution is 2.27. The number of nitrogens with two attached hydrogens (primary N) is 1. The number of esters is 2. The van der Waals surface area contributed by atoms with Crippen LogP contribution in [0.5, 0.6) is 0 Å². The standard InChI is InChI=1S/C45H70ClN5O10/c1-14-26(5)38(43(56)57)49-37(52)24-50(12)42(55)35(23-33-18-20-34(46)21-19-33)51(13)41(54)32(11)48-40(53)36(22-25(3)4)60-44(58)29(8)17-16-28(7)30(9)39(27(6)15-2)61-45(59)31(10)47/h15,17-21,25-26,28,30-32,35-36,38-39H,14,16,22-24,47H2,1-13H3,(H,48,53)(H,49,52)(H,56,57)/b27-15+,29-17+/t26?,28-,30-,31+,32-,35+,36+,38-,39+/m0/s1. The topological polar surface area (TPSA) is 215 Å². The van der Waals surface area contributed by atoms with E-state index in [0.29, 0.717) is 23.4 Å². The van der Waals surface area contributed by atoms with E-state index in [1.807, 2.05) is 47.6 Å². The number of likely N-dealkylation sites (N-methyl/N-ethyl adjacent to an activating group) is 2. The highest BCUT2D eigenvalue weighted by atomic mass is 35.5. The second-order valence-corrected chi connectivity index (χ2v) is 17.1. The maximum absolute atomic E-state index is 14.0. The number of allylic oxidation sites excluding steroid dienone is 2. The summed E-state index contributed by atoms with van der Waals surface area (Å²) in [7, 11) is 2.79. The number of benzene rings is 1. The Morgan fingerprint density at radius 1 is 0.885 bits per heavy atom. The van der Waals surface area contributed by atoms with Crippen LogP contribution in [0.2, 0.25) is 5.02 Å². The highest BCUT2D eigenvalue weighted by Gasteiger charge is 2.35. The van der Waals surface area contributed by atoms with Crippen LogP contribution in [0, 0.1) is 23.7 Å². The molecule has 0 fully saturated rings. The van der Waals surface area contributed by atoms with E-state index in [-0.39, 0.29) is 42.1 Å². The zero-order valence-electron chi connectivity index (χ0n) is 38.2. The predicted octanol–water partition coefficient (Wildman–Crippen LogP) is 5.08. The first-order valence-corrected chi connectivity index (χ1v) is 21.3. The van der Waals surface area contributed by atoms with Crippen molar-refractivity contribution in [3.63, 3.8) is 0 Å². The normalized spacial score (nSPS) is 16.4. The smallest absolute Gasteiger partial charge is 0.334 e. The van der Waals surface area contributed by atoms with E-state index in [2.05, 4.69) is 10.6 Å². The number of hydrogen-bond acceptors (Lipinski definition) is 10. The molecule has 0 radical (unpaired) electrons. The molecule has 0 saturated heterocycles. The largest absolute Gasteiger partial charge is 0.480 e. The number of nitrogens with one attached hydrogen (secondary N) is 2. The minimum absolute atomic E-state index is 0.0275. The van der Waals surface area contributed by atoms with Crippen molar-refractivity contribution in [3.8, 4) is 0 Å². The Morgan fingerprint density at radius 3 is 1.98 bits per heavy atom. The molecule has 5 N–H and O–H groups in total. The van der Waals surface area contributed by atoms with E-state index in [4.69, 9.17) is 26.8 Å². The third kappa shape index (κ3) is 17.6. The van der Waals surface area contributed by atoms with Crippen molar-refractivity contribution < 1.29 is 48.1 Å². The van der Waals surface area contributed by atoms with Gasteiger partial charge in [-0.2, -0.15) is 0 Å². The van der Waals surface area contributed by atoms with Gasteiger partial charge in [0.1, 0.15) is 30.3 Å². The van der Waals surface area contributed by atoms with Crippen LogP contribution >= 0.6 is 11.6 Å². The molecule has 0 spiro atoms. The van der Waals surface area contributed by atoms with Crippen LogP contribution < -0.4 is 16.4 Å². The predicted molar refractivity (Wildman–Crippen MR) is 235 cm³/mol. The van der Waals surface area contributed by atoms with Gasteiger partial charge in [-0.15, -0.1) is 0 Å². The highest BCUT2D eigenvalue weighted by molar-refractivity contribution is 6.30. The lowest BCUT2D eigenvalue weighted by molar-refractivity contribution is -0.154. The Kier molecular flexibility index (Phi) is 23.0. The Balaban J connectivity index is 3.22. The van der Waals surface area contributed by atoms with Crippen LogP contribution in [0.25, 0.3) is 0 Å². The van der Waals surface area contributed by atoms with Gasteiger partial charge in [-0.3, -0.25) is 24.0 Å². The van der Waals surface area contributed by atoms with Gasteiger partial charge in [0.05, 0.1) is 6.54 Å². The van der Waals surface area contributed by atoms with Crippen LogP contribution in [-0.4, -0.2) is 113 Å². The van der Waals surface area contributed by atoms with Crippen molar-refractivity contribution in [3.05, 3.63) is 58.1 Å². The van der Waals surface area contributed by atoms with Gasteiger partial charge < -0.3 is 40.7 Å². The summed E-state index contributed by atoms with van der Waals surface area (Å²) in [5.41, 5.74) is 7.55. The minimum Gasteiger partial charge on any atom is -0.480 e. The first-order chi connectivity index (χ1) is 28.4. The fourth-order valence-corrected chi connectivity index (χ4v) is 6.47. The molecule has 1 aromatic rings. The first-order valence-electron chi connectivity index (χ1n) is 20.9. The lowest BCUT2D eigenvalue weighted by Gasteiger charge is -2.33. The molecule has 0 aliphatic rings. The van der Waals surface area contributed by atoms with Crippen molar-refractivity contribution in [2.24, 2.45) is 29.4 Å². The van der Waals surface area contributed by atoms with E-state index in [1.165, 1.54) is 25.9 Å². The number of rotatable bonds is 24. The number of carbonyl (C=O) groups excluding carboxylic acids is 6. The third-order valence-electron chi connectivity index (χ3n) is 11.0. The second kappa shape index (κ2) is 25.9. The molecule has 1 unspecified atom stereocenters. The van der Waals surface area contributed by atoms with Crippen LogP contribution in [0.15, 0.2) is 47.6 Å². The molecule has 16 heteroatoms. The molecular formula is C45H70ClN5O10. The molecule has 15 nitrogen and oxygen atoms in total. The molecule has 4 amide bonds. The SMILES string of the molecule is C/C=C(\C)[C@@H](OC(=O)[C@@H](C)N)[C@@H](C)[C@@H](C)C/C=C(\C)C(=O)O[C@H](CC(C)C)C(=O)N[C@@H](C)C(=O)N(C)[C@H](Cc1ccc(Cl)cc1)C(=O)N(C)CC(=O)N[C@H](C(=O)O)C(C)CC. The number of nitrogens with zero attached hydrogens (tertiary/aromatic N) is 2. The third-order valence-corrected chi connectivity index (χ3v) is 11.2. The van der Waals surface area contributed by atoms with Gasteiger partial charge in [-0.05, 0) is 94.4 Å². The number of ether oxygens (including phenoxy) is 2. The number of carboxylic acid groups (broad SMARTS) is 1. The monoisotopic (exact) mass is 875 g/mol. The zero-order valence-corrected chi connectivity index (χ0v) is 39.0. The van der Waals surface area contributed by atoms with Crippen LogP contribution in [0.1, 0.15) is 101 Å². The Bertz CT molecular complexity index is 1730. The van der Waals surface area contributed by atoms with Crippen molar-refractivity contribution in [1.29, 1.82) is 0 Å². The fraction of sp³-hybridized carbons (Fsp3) is 0.622. The molecule has 9 atom stereocenters. The summed E-state index contributed by atoms with van der Waals surface area (Å²) in [5.74, 6) is -5.62. The fourth-order valence-electron chi connectivity index (χ4n) is 6.34. The van der Waals surface area contributed by atoms with E-state index in [1.54, 1.807) is 58.0 Å². The molecule has 0 bridgehead atoms. The Hall–Kier alpha value is -4.76. The molecule has 1 rings (SSSR count). The number of carbonyl (C=O) groups is 7. The Labute approximate surface area is 367 Å². The van der Waals surface area contributed by atoms with Gasteiger partial charge in [0.25, 0.3) is 5.91 Å². The van der Waals surface area contributed by atoms with Crippen LogP contribution in [0.4, 0.5) is 0 Å². The summed E-state index contributed by atoms with van der Waals surface area (Å²) in [6.07, 6.45) is 2.99. The van der Waals surface area contributed by atoms with Gasteiger partial charge in [0, 0.05) is 31.1 Å². The number of carboxylic acids is 1. The van der Waals surface area contributed by atoms with Gasteiger partial charge >= 0.3 is 17.9 Å². The van der Waals surface area contributed by atoms with Crippen molar-refractivity contribution in [2.45, 2.75) is 138 Å². The summed E-state index contributed by atoms with van der Waals surface area (Å²) in [4.78, 5) is 94.3. The van der Waals surface area contributed by atoms with Crippen molar-refractivity contribution in [2.75, 3.05) is 20.6 Å². The quantitative estimate of drug-likeness (QED) is 0.0611. The molecule has 342 valence electrons. The lowest BCUT2D eigenvalue weighted by Crippen LogP contribution is -2.56. The maximum atomic E-state index is 14.0. The summed E-state index contributed by atoms with van der Waals surface area (Å²) >= 11 is 6.09. The van der Waals surface area contributed by atoms with Crippen molar-refractivity contribution in [1.82, 2.24) is 20.4 Å². The van der Waals surface area contributed by atoms with Gasteiger partial charge in [-0.25, -0.2) is 9.59 Å². The zero-order chi connectivity index (χ0) is 46.9. The maximum Gasteiger partial charge on any atom is 0.334 e. The number of halogens is 1. The number of aliphatic carboxylic acids is 1. The first kappa shape index (κ1) is 54.3. The summed E-state index contributed by atoms with van der Waals surface area (Å²) in [6.45, 7) is 19.0. The van der Waals surface area contributed by atoms with E-state index >= 15 is 0 Å². The molecule has 61 heavy (non-hydrogen) atoms. The van der Waals surface area contributed by atoms with Gasteiger partial charge in [0.2, 0.25) is 17.7 Å². The summed E-state index contributed by atoms with van der Waals surface area (Å²) in [5, 5.41) is 15.2. The second-order valence-electron chi connectivity index (χ2n) is 16.7. The molecule has 0 aliphatic heterocycles. The number of hydrogen-bond donors (Lipinski definition) is 4. The molecule has 0 heterocycles. The average molecular weight is 877 g/mol. The summed E-state index contributed by atoms with van der Waals surface area (Å²) < 4.78 is 11.4. The van der Waals surface area contributed by atoms with Crippen molar-refractivity contribution >= 4 is 53.1 Å². The Morgan fingerprint density at radius 2 is 1.48 bits per heavy atom. The van der Waals surface area contributed by atoms with Gasteiger partial charge in [0.15, 0.2) is 6.10 Å². The van der Waals surface area contributed by atoms with E-state index in [0.717, 1.165) is 10.5 Å². The van der Waals surface area contributed by atoms with E-state index < -0.39 is 84.5 Å². The minimum atomic E-state index is -1.24. The van der Waals surface area contributed by atoms with Gasteiger partial charge in [-0.1, -0.05) is 83.8 Å². The molecule has 0 aliphatic carbocycles. The average Bonchev–Trinajstić information content (AvgIpc) is 3.20. The van der Waals surface area contributed by atoms with E-state index in [9.17, 15) is 38.7 Å². The molecular weight excluding hydrogens is 806 g/mol. The van der Waals surface area contributed by atoms with Crippen LogP contribution in [0.3, 0.4) is 0 Å².